The van der Waals surface area contributed by atoms with Gasteiger partial charge in [0.15, 0.2) is 0 Å². The van der Waals surface area contributed by atoms with E-state index >= 15 is 0 Å². The smallest absolute Gasteiger partial charge is 0.266 e. The van der Waals surface area contributed by atoms with Crippen LogP contribution in [0.4, 0.5) is 5.69 Å². The minimum absolute atomic E-state index is 0.0734. The van der Waals surface area contributed by atoms with Crippen LogP contribution in [0.5, 0.6) is 0 Å². The normalized spacial score (nSPS) is 10.5. The number of H-pyrrole nitrogens is 1. The fraction of sp³-hybridized carbons (Fsp3) is 0.211. The Morgan fingerprint density at radius 3 is 2.86 bits per heavy atom. The standard InChI is InChI=1S/C19H17ClN6O2/c1-11-14(12(2)24-19(28)15(11)8-21)4-6-18(27)25-16-7-13(20)3-5-17(16)26-10-22-9-23-26/h3,5,7,9-10H,4,6H2,1-2H3,(H,24,28)(H,25,27). The molecule has 0 aliphatic rings. The molecule has 0 unspecified atom stereocenters. The molecule has 2 aromatic heterocycles. The maximum absolute atomic E-state index is 12.5. The molecule has 0 saturated carbocycles. The summed E-state index contributed by atoms with van der Waals surface area (Å²) in [6.07, 6.45) is 3.47. The number of pyridine rings is 1. The van der Waals surface area contributed by atoms with E-state index in [0.29, 0.717) is 34.1 Å². The van der Waals surface area contributed by atoms with Gasteiger partial charge in [0.25, 0.3) is 5.56 Å². The Bertz CT molecular complexity index is 1130. The highest BCUT2D eigenvalue weighted by Crippen LogP contribution is 2.24. The van der Waals surface area contributed by atoms with Crippen LogP contribution in [0.15, 0.2) is 35.6 Å². The molecule has 0 atom stereocenters. The van der Waals surface area contributed by atoms with Crippen molar-refractivity contribution in [2.45, 2.75) is 26.7 Å². The van der Waals surface area contributed by atoms with Gasteiger partial charge in [0.1, 0.15) is 24.3 Å². The van der Waals surface area contributed by atoms with Crippen molar-refractivity contribution in [3.8, 4) is 11.8 Å². The van der Waals surface area contributed by atoms with Crippen molar-refractivity contribution in [2.24, 2.45) is 0 Å². The predicted octanol–water partition coefficient (Wildman–Crippen LogP) is 2.67. The first-order valence-electron chi connectivity index (χ1n) is 8.47. The van der Waals surface area contributed by atoms with Gasteiger partial charge < -0.3 is 10.3 Å². The third-order valence-corrected chi connectivity index (χ3v) is 4.66. The lowest BCUT2D eigenvalue weighted by molar-refractivity contribution is -0.116. The number of nitrogens with one attached hydrogen (secondary N) is 2. The van der Waals surface area contributed by atoms with Crippen LogP contribution in [0.3, 0.4) is 0 Å². The molecule has 0 aliphatic heterocycles. The third kappa shape index (κ3) is 3.94. The average Bonchev–Trinajstić information content (AvgIpc) is 3.16. The number of amides is 1. The van der Waals surface area contributed by atoms with Crippen LogP contribution in [-0.4, -0.2) is 25.7 Å². The number of carbonyl (C=O) groups is 1. The number of carbonyl (C=O) groups excluding carboxylic acids is 1. The lowest BCUT2D eigenvalue weighted by Gasteiger charge is -2.13. The van der Waals surface area contributed by atoms with Crippen LogP contribution in [0.1, 0.15) is 28.8 Å². The number of hydrogen-bond acceptors (Lipinski definition) is 5. The summed E-state index contributed by atoms with van der Waals surface area (Å²) in [6, 6.07) is 6.99. The molecule has 0 aliphatic carbocycles. The fourth-order valence-electron chi connectivity index (χ4n) is 3.01. The van der Waals surface area contributed by atoms with Gasteiger partial charge in [-0.15, -0.1) is 0 Å². The maximum Gasteiger partial charge on any atom is 0.266 e. The van der Waals surface area contributed by atoms with Gasteiger partial charge >= 0.3 is 0 Å². The number of aryl methyl sites for hydroxylation is 1. The highest BCUT2D eigenvalue weighted by atomic mass is 35.5. The van der Waals surface area contributed by atoms with Crippen LogP contribution in [0, 0.1) is 25.2 Å². The van der Waals surface area contributed by atoms with Crippen LogP contribution in [0.2, 0.25) is 5.02 Å². The summed E-state index contributed by atoms with van der Waals surface area (Å²) in [4.78, 5) is 30.9. The van der Waals surface area contributed by atoms with Gasteiger partial charge in [-0.2, -0.15) is 10.4 Å². The van der Waals surface area contributed by atoms with Crippen molar-refractivity contribution in [1.29, 1.82) is 5.26 Å². The largest absolute Gasteiger partial charge is 0.325 e. The van der Waals surface area contributed by atoms with E-state index in [4.69, 9.17) is 16.9 Å². The molecular weight excluding hydrogens is 380 g/mol. The third-order valence-electron chi connectivity index (χ3n) is 4.42. The number of aromatic nitrogens is 4. The van der Waals surface area contributed by atoms with Crippen molar-refractivity contribution >= 4 is 23.2 Å². The summed E-state index contributed by atoms with van der Waals surface area (Å²) in [5.41, 5.74) is 2.84. The summed E-state index contributed by atoms with van der Waals surface area (Å²) in [7, 11) is 0. The lowest BCUT2D eigenvalue weighted by Crippen LogP contribution is -2.19. The summed E-state index contributed by atoms with van der Waals surface area (Å²) in [5, 5.41) is 16.6. The van der Waals surface area contributed by atoms with E-state index in [9.17, 15) is 9.59 Å². The average molecular weight is 397 g/mol. The second-order valence-corrected chi connectivity index (χ2v) is 6.66. The Morgan fingerprint density at radius 2 is 2.18 bits per heavy atom. The van der Waals surface area contributed by atoms with Gasteiger partial charge in [0.05, 0.1) is 11.4 Å². The first-order chi connectivity index (χ1) is 13.4. The molecule has 3 rings (SSSR count). The number of nitriles is 1. The number of rotatable bonds is 5. The topological polar surface area (TPSA) is 116 Å². The van der Waals surface area contributed by atoms with E-state index in [0.717, 1.165) is 5.56 Å². The predicted molar refractivity (Wildman–Crippen MR) is 105 cm³/mol. The van der Waals surface area contributed by atoms with Gasteiger partial charge in [0, 0.05) is 17.1 Å². The Morgan fingerprint density at radius 1 is 1.39 bits per heavy atom. The van der Waals surface area contributed by atoms with Crippen molar-refractivity contribution in [1.82, 2.24) is 19.7 Å². The zero-order valence-corrected chi connectivity index (χ0v) is 16.0. The van der Waals surface area contributed by atoms with Crippen LogP contribution >= 0.6 is 11.6 Å². The molecular formula is C19H17ClN6O2. The molecule has 0 saturated heterocycles. The van der Waals surface area contributed by atoms with Crippen molar-refractivity contribution in [3.05, 3.63) is 68.6 Å². The molecule has 1 aromatic carbocycles. The highest BCUT2D eigenvalue weighted by Gasteiger charge is 2.15. The number of anilines is 1. The first kappa shape index (κ1) is 19.3. The quantitative estimate of drug-likeness (QED) is 0.687. The van der Waals surface area contributed by atoms with Gasteiger partial charge in [-0.25, -0.2) is 9.67 Å². The molecule has 2 N–H and O–H groups in total. The summed E-state index contributed by atoms with van der Waals surface area (Å²) < 4.78 is 1.53. The second kappa shape index (κ2) is 8.06. The van der Waals surface area contributed by atoms with E-state index in [2.05, 4.69) is 20.4 Å². The Balaban J connectivity index is 1.79. The number of aromatic amines is 1. The second-order valence-electron chi connectivity index (χ2n) is 6.22. The molecule has 0 bridgehead atoms. The zero-order valence-electron chi connectivity index (χ0n) is 15.3. The summed E-state index contributed by atoms with van der Waals surface area (Å²) in [6.45, 7) is 3.47. The Kier molecular flexibility index (Phi) is 5.57. The highest BCUT2D eigenvalue weighted by molar-refractivity contribution is 6.31. The van der Waals surface area contributed by atoms with Gasteiger partial charge in [-0.05, 0) is 49.6 Å². The molecule has 0 spiro atoms. The SMILES string of the molecule is Cc1[nH]c(=O)c(C#N)c(C)c1CCC(=O)Nc1cc(Cl)ccc1-n1cncn1. The molecule has 2 heterocycles. The molecule has 0 fully saturated rings. The Hall–Kier alpha value is -3.44. The zero-order chi connectivity index (χ0) is 20.3. The summed E-state index contributed by atoms with van der Waals surface area (Å²) >= 11 is 6.06. The molecule has 28 heavy (non-hydrogen) atoms. The van der Waals surface area contributed by atoms with Crippen molar-refractivity contribution < 1.29 is 4.79 Å². The van der Waals surface area contributed by atoms with Gasteiger partial charge in [-0.3, -0.25) is 9.59 Å². The van der Waals surface area contributed by atoms with Crippen molar-refractivity contribution in [2.75, 3.05) is 5.32 Å². The fourth-order valence-corrected chi connectivity index (χ4v) is 3.18. The minimum atomic E-state index is -0.415. The van der Waals surface area contributed by atoms with E-state index < -0.39 is 5.56 Å². The first-order valence-corrected chi connectivity index (χ1v) is 8.85. The summed E-state index contributed by atoms with van der Waals surface area (Å²) in [5.74, 6) is -0.230. The molecule has 1 amide bonds. The van der Waals surface area contributed by atoms with Crippen LogP contribution in [-0.2, 0) is 11.2 Å². The molecule has 9 heteroatoms. The van der Waals surface area contributed by atoms with Gasteiger partial charge in [0.2, 0.25) is 5.91 Å². The van der Waals surface area contributed by atoms with Crippen molar-refractivity contribution in [3.63, 3.8) is 0 Å². The number of benzene rings is 1. The molecule has 3 aromatic rings. The van der Waals surface area contributed by atoms with Gasteiger partial charge in [-0.1, -0.05) is 11.6 Å². The monoisotopic (exact) mass is 396 g/mol. The Labute approximate surface area is 165 Å². The van der Waals surface area contributed by atoms with E-state index in [1.807, 2.05) is 6.07 Å². The number of nitrogens with zero attached hydrogens (tertiary/aromatic N) is 4. The molecule has 142 valence electrons. The maximum atomic E-state index is 12.5. The number of halogens is 1. The molecule has 0 radical (unpaired) electrons. The van der Waals surface area contributed by atoms with Crippen LogP contribution in [0.25, 0.3) is 5.69 Å². The van der Waals surface area contributed by atoms with E-state index in [-0.39, 0.29) is 17.9 Å². The van der Waals surface area contributed by atoms with E-state index in [1.165, 1.54) is 17.3 Å². The molecule has 8 nitrogen and oxygen atoms in total. The number of hydrogen-bond donors (Lipinski definition) is 2. The van der Waals surface area contributed by atoms with E-state index in [1.54, 1.807) is 32.0 Å². The minimum Gasteiger partial charge on any atom is -0.325 e. The lowest BCUT2D eigenvalue weighted by atomic mass is 9.99. The van der Waals surface area contributed by atoms with Crippen LogP contribution < -0.4 is 10.9 Å².